The molecule has 122 valence electrons. The number of rotatable bonds is 5. The van der Waals surface area contributed by atoms with Crippen molar-refractivity contribution in [3.8, 4) is 0 Å². The third kappa shape index (κ3) is 4.82. The SMILES string of the molecule is CC(C)c1ccc(NC(=O)c2ccccc2NS(C)(=O)=O)cc1. The fourth-order valence-corrected chi connectivity index (χ4v) is 2.70. The second kappa shape index (κ2) is 6.83. The minimum atomic E-state index is -3.45. The van der Waals surface area contributed by atoms with Gasteiger partial charge in [0.25, 0.3) is 5.91 Å². The average Bonchev–Trinajstić information content (AvgIpc) is 2.46. The summed E-state index contributed by atoms with van der Waals surface area (Å²) in [5.41, 5.74) is 2.37. The minimum absolute atomic E-state index is 0.256. The molecule has 0 atom stereocenters. The lowest BCUT2D eigenvalue weighted by Crippen LogP contribution is -2.17. The third-order valence-corrected chi connectivity index (χ3v) is 3.89. The van der Waals surface area contributed by atoms with E-state index in [9.17, 15) is 13.2 Å². The highest BCUT2D eigenvalue weighted by Gasteiger charge is 2.14. The van der Waals surface area contributed by atoms with Crippen LogP contribution in [0.4, 0.5) is 11.4 Å². The average molecular weight is 332 g/mol. The molecule has 5 nitrogen and oxygen atoms in total. The highest BCUT2D eigenvalue weighted by Crippen LogP contribution is 2.20. The highest BCUT2D eigenvalue weighted by molar-refractivity contribution is 7.92. The molecule has 0 fully saturated rings. The Morgan fingerprint density at radius 3 is 2.17 bits per heavy atom. The van der Waals surface area contributed by atoms with Crippen LogP contribution in [0, 0.1) is 0 Å². The first kappa shape index (κ1) is 17.0. The summed E-state index contributed by atoms with van der Waals surface area (Å²) in [6.07, 6.45) is 1.05. The van der Waals surface area contributed by atoms with E-state index in [1.807, 2.05) is 24.3 Å². The Kier molecular flexibility index (Phi) is 5.05. The largest absolute Gasteiger partial charge is 0.322 e. The van der Waals surface area contributed by atoms with E-state index in [1.54, 1.807) is 24.3 Å². The molecule has 0 saturated carbocycles. The van der Waals surface area contributed by atoms with Gasteiger partial charge in [-0.25, -0.2) is 8.42 Å². The molecule has 0 aliphatic heterocycles. The van der Waals surface area contributed by atoms with E-state index in [0.29, 0.717) is 11.6 Å². The maximum absolute atomic E-state index is 12.4. The van der Waals surface area contributed by atoms with Crippen molar-refractivity contribution in [3.63, 3.8) is 0 Å². The molecule has 2 aromatic carbocycles. The second-order valence-corrected chi connectivity index (χ2v) is 7.40. The Labute approximate surface area is 136 Å². The molecule has 0 saturated heterocycles. The fraction of sp³-hybridized carbons (Fsp3) is 0.235. The Balaban J connectivity index is 2.21. The molecule has 0 aliphatic carbocycles. The molecule has 0 aromatic heterocycles. The number of para-hydroxylation sites is 1. The molecule has 2 aromatic rings. The van der Waals surface area contributed by atoms with Gasteiger partial charge in [-0.3, -0.25) is 9.52 Å². The lowest BCUT2D eigenvalue weighted by molar-refractivity contribution is 0.102. The number of hydrogen-bond donors (Lipinski definition) is 2. The van der Waals surface area contributed by atoms with Gasteiger partial charge in [-0.15, -0.1) is 0 Å². The zero-order valence-corrected chi connectivity index (χ0v) is 14.1. The van der Waals surface area contributed by atoms with Crippen LogP contribution >= 0.6 is 0 Å². The molecule has 2 rings (SSSR count). The van der Waals surface area contributed by atoms with Gasteiger partial charge < -0.3 is 5.32 Å². The summed E-state index contributed by atoms with van der Waals surface area (Å²) in [4.78, 5) is 12.4. The first-order chi connectivity index (χ1) is 10.8. The topological polar surface area (TPSA) is 75.3 Å². The molecular weight excluding hydrogens is 312 g/mol. The van der Waals surface area contributed by atoms with E-state index in [-0.39, 0.29) is 17.2 Å². The van der Waals surface area contributed by atoms with Crippen molar-refractivity contribution in [1.82, 2.24) is 0 Å². The molecule has 0 aliphatic rings. The second-order valence-electron chi connectivity index (χ2n) is 5.65. The zero-order chi connectivity index (χ0) is 17.0. The number of carbonyl (C=O) groups is 1. The number of hydrogen-bond acceptors (Lipinski definition) is 3. The number of benzene rings is 2. The van der Waals surface area contributed by atoms with Crippen LogP contribution in [0.2, 0.25) is 0 Å². The van der Waals surface area contributed by atoms with E-state index in [4.69, 9.17) is 0 Å². The Morgan fingerprint density at radius 2 is 1.61 bits per heavy atom. The Bertz CT molecular complexity index is 797. The summed E-state index contributed by atoms with van der Waals surface area (Å²) in [6, 6.07) is 14.1. The predicted octanol–water partition coefficient (Wildman–Crippen LogP) is 3.43. The monoisotopic (exact) mass is 332 g/mol. The van der Waals surface area contributed by atoms with Crippen LogP contribution in [0.1, 0.15) is 35.7 Å². The number of sulfonamides is 1. The van der Waals surface area contributed by atoms with Gasteiger partial charge in [0.2, 0.25) is 10.0 Å². The number of carbonyl (C=O) groups excluding carboxylic acids is 1. The van der Waals surface area contributed by atoms with Crippen LogP contribution in [-0.4, -0.2) is 20.6 Å². The Morgan fingerprint density at radius 1 is 1.00 bits per heavy atom. The van der Waals surface area contributed by atoms with E-state index >= 15 is 0 Å². The first-order valence-electron chi connectivity index (χ1n) is 7.24. The lowest BCUT2D eigenvalue weighted by atomic mass is 10.0. The van der Waals surface area contributed by atoms with Crippen molar-refractivity contribution in [1.29, 1.82) is 0 Å². The summed E-state index contributed by atoms with van der Waals surface area (Å²) < 4.78 is 25.1. The van der Waals surface area contributed by atoms with Gasteiger partial charge in [-0.05, 0) is 35.7 Å². The number of nitrogens with one attached hydrogen (secondary N) is 2. The molecular formula is C17H20N2O3S. The molecule has 0 unspecified atom stereocenters. The van der Waals surface area contributed by atoms with Crippen LogP contribution in [0.5, 0.6) is 0 Å². The molecule has 23 heavy (non-hydrogen) atoms. The summed E-state index contributed by atoms with van der Waals surface area (Å²) in [5.74, 6) is 0.0495. The molecule has 2 N–H and O–H groups in total. The van der Waals surface area contributed by atoms with E-state index < -0.39 is 10.0 Å². The summed E-state index contributed by atoms with van der Waals surface area (Å²) in [6.45, 7) is 4.20. The smallest absolute Gasteiger partial charge is 0.257 e. The van der Waals surface area contributed by atoms with Crippen molar-refractivity contribution < 1.29 is 13.2 Å². The number of amides is 1. The van der Waals surface area contributed by atoms with Gasteiger partial charge in [0.05, 0.1) is 17.5 Å². The standard InChI is InChI=1S/C17H20N2O3S/c1-12(2)13-8-10-14(11-9-13)18-17(20)15-6-4-5-7-16(15)19-23(3,21)22/h4-12,19H,1-3H3,(H,18,20). The van der Waals surface area contributed by atoms with Gasteiger partial charge in [0.15, 0.2) is 0 Å². The molecule has 6 heteroatoms. The van der Waals surface area contributed by atoms with Crippen LogP contribution < -0.4 is 10.0 Å². The minimum Gasteiger partial charge on any atom is -0.322 e. The Hall–Kier alpha value is -2.34. The van der Waals surface area contributed by atoms with Crippen LogP contribution in [0.25, 0.3) is 0 Å². The molecule has 0 radical (unpaired) electrons. The van der Waals surface area contributed by atoms with Crippen molar-refractivity contribution in [2.45, 2.75) is 19.8 Å². The fourth-order valence-electron chi connectivity index (χ4n) is 2.12. The first-order valence-corrected chi connectivity index (χ1v) is 9.13. The van der Waals surface area contributed by atoms with Gasteiger partial charge >= 0.3 is 0 Å². The van der Waals surface area contributed by atoms with Gasteiger partial charge in [0, 0.05) is 5.69 Å². The maximum Gasteiger partial charge on any atom is 0.257 e. The normalized spacial score (nSPS) is 11.3. The molecule has 0 heterocycles. The van der Waals surface area contributed by atoms with Crippen molar-refractivity contribution >= 4 is 27.3 Å². The molecule has 0 spiro atoms. The zero-order valence-electron chi connectivity index (χ0n) is 13.3. The van der Waals surface area contributed by atoms with Crippen molar-refractivity contribution in [3.05, 3.63) is 59.7 Å². The van der Waals surface area contributed by atoms with Crippen molar-refractivity contribution in [2.24, 2.45) is 0 Å². The van der Waals surface area contributed by atoms with Gasteiger partial charge in [-0.1, -0.05) is 38.1 Å². The highest BCUT2D eigenvalue weighted by atomic mass is 32.2. The number of anilines is 2. The summed E-state index contributed by atoms with van der Waals surface area (Å²) in [5, 5.41) is 2.78. The van der Waals surface area contributed by atoms with Gasteiger partial charge in [-0.2, -0.15) is 0 Å². The van der Waals surface area contributed by atoms with Gasteiger partial charge in [0.1, 0.15) is 0 Å². The quantitative estimate of drug-likeness (QED) is 0.881. The maximum atomic E-state index is 12.4. The van der Waals surface area contributed by atoms with Crippen LogP contribution in [0.15, 0.2) is 48.5 Å². The lowest BCUT2D eigenvalue weighted by Gasteiger charge is -2.12. The molecule has 1 amide bonds. The van der Waals surface area contributed by atoms with E-state index in [1.165, 1.54) is 5.56 Å². The van der Waals surface area contributed by atoms with Crippen LogP contribution in [-0.2, 0) is 10.0 Å². The van der Waals surface area contributed by atoms with E-state index in [2.05, 4.69) is 23.9 Å². The molecule has 0 bridgehead atoms. The van der Waals surface area contributed by atoms with Crippen LogP contribution in [0.3, 0.4) is 0 Å². The third-order valence-electron chi connectivity index (χ3n) is 3.30. The predicted molar refractivity (Wildman–Crippen MR) is 93.4 cm³/mol. The van der Waals surface area contributed by atoms with Crippen molar-refractivity contribution in [2.75, 3.05) is 16.3 Å². The summed E-state index contributed by atoms with van der Waals surface area (Å²) >= 11 is 0. The summed E-state index contributed by atoms with van der Waals surface area (Å²) in [7, 11) is -3.45. The van der Waals surface area contributed by atoms with E-state index in [0.717, 1.165) is 6.26 Å².